The molecule has 114 valence electrons. The van der Waals surface area contributed by atoms with Gasteiger partial charge in [-0.25, -0.2) is 0 Å². The van der Waals surface area contributed by atoms with Gasteiger partial charge in [0.1, 0.15) is 0 Å². The Bertz CT molecular complexity index is 774. The second kappa shape index (κ2) is 6.67. The Kier molecular flexibility index (Phi) is 4.64. The molecule has 2 aromatic heterocycles. The molecule has 0 radical (unpaired) electrons. The third-order valence-corrected chi connectivity index (χ3v) is 5.37. The Morgan fingerprint density at radius 1 is 1.18 bits per heavy atom. The number of rotatable bonds is 5. The normalized spacial score (nSPS) is 11.0. The van der Waals surface area contributed by atoms with Gasteiger partial charge in [-0.3, -0.25) is 0 Å². The molecule has 3 nitrogen and oxygen atoms in total. The van der Waals surface area contributed by atoms with Crippen LogP contribution in [0.5, 0.6) is 0 Å². The number of thiophene rings is 1. The van der Waals surface area contributed by atoms with E-state index < -0.39 is 0 Å². The van der Waals surface area contributed by atoms with E-state index in [2.05, 4.69) is 71.2 Å². The number of thioether (sulfide) groups is 1. The van der Waals surface area contributed by atoms with E-state index in [0.717, 1.165) is 23.3 Å². The zero-order chi connectivity index (χ0) is 15.5. The van der Waals surface area contributed by atoms with Crippen molar-refractivity contribution in [2.24, 2.45) is 0 Å². The molecule has 0 unspecified atom stereocenters. The van der Waals surface area contributed by atoms with Crippen molar-refractivity contribution < 1.29 is 0 Å². The van der Waals surface area contributed by atoms with Crippen LogP contribution in [0.2, 0.25) is 0 Å². The minimum absolute atomic E-state index is 0.882. The van der Waals surface area contributed by atoms with E-state index in [0.29, 0.717) is 0 Å². The first-order valence-electron chi connectivity index (χ1n) is 7.34. The van der Waals surface area contributed by atoms with Crippen molar-refractivity contribution in [3.63, 3.8) is 0 Å². The summed E-state index contributed by atoms with van der Waals surface area (Å²) in [6.07, 6.45) is 0. The number of hydrogen-bond acceptors (Lipinski definition) is 4. The van der Waals surface area contributed by atoms with E-state index in [4.69, 9.17) is 0 Å². The van der Waals surface area contributed by atoms with Crippen LogP contribution >= 0.6 is 23.1 Å². The van der Waals surface area contributed by atoms with Gasteiger partial charge in [0.05, 0.1) is 0 Å². The fourth-order valence-electron chi connectivity index (χ4n) is 2.40. The summed E-state index contributed by atoms with van der Waals surface area (Å²) in [6, 6.07) is 10.8. The van der Waals surface area contributed by atoms with E-state index in [1.54, 1.807) is 23.1 Å². The number of aromatic nitrogens is 3. The van der Waals surface area contributed by atoms with Crippen molar-refractivity contribution in [2.45, 2.75) is 38.2 Å². The summed E-state index contributed by atoms with van der Waals surface area (Å²) < 4.78 is 2.20. The number of benzene rings is 1. The van der Waals surface area contributed by atoms with Gasteiger partial charge in [0.15, 0.2) is 11.0 Å². The van der Waals surface area contributed by atoms with Crippen molar-refractivity contribution in [1.29, 1.82) is 0 Å². The lowest BCUT2D eigenvalue weighted by atomic mass is 10.2. The van der Waals surface area contributed by atoms with E-state index >= 15 is 0 Å². The van der Waals surface area contributed by atoms with E-state index in [-0.39, 0.29) is 0 Å². The molecule has 0 atom stereocenters. The summed E-state index contributed by atoms with van der Waals surface area (Å²) in [5.41, 5.74) is 3.78. The zero-order valence-corrected chi connectivity index (χ0v) is 14.7. The lowest BCUT2D eigenvalue weighted by Crippen LogP contribution is -1.99. The number of hydrogen-bond donors (Lipinski definition) is 0. The average molecular weight is 329 g/mol. The molecule has 3 aromatic rings. The molecule has 0 saturated heterocycles. The molecule has 0 amide bonds. The summed E-state index contributed by atoms with van der Waals surface area (Å²) in [6.45, 7) is 7.27. The third kappa shape index (κ3) is 3.25. The largest absolute Gasteiger partial charge is 0.302 e. The highest BCUT2D eigenvalue weighted by molar-refractivity contribution is 7.98. The van der Waals surface area contributed by atoms with Gasteiger partial charge in [0.2, 0.25) is 0 Å². The molecule has 22 heavy (non-hydrogen) atoms. The minimum Gasteiger partial charge on any atom is -0.302 e. The molecule has 0 saturated carbocycles. The van der Waals surface area contributed by atoms with Crippen LogP contribution in [0, 0.1) is 13.8 Å². The van der Waals surface area contributed by atoms with Crippen LogP contribution in [0.4, 0.5) is 0 Å². The molecule has 0 N–H and O–H groups in total. The predicted octanol–water partition coefficient (Wildman–Crippen LogP) is 4.94. The van der Waals surface area contributed by atoms with Gasteiger partial charge in [-0.15, -0.1) is 21.5 Å². The Labute approximate surface area is 139 Å². The second-order valence-electron chi connectivity index (χ2n) is 5.27. The second-order valence-corrected chi connectivity index (χ2v) is 7.33. The Morgan fingerprint density at radius 3 is 2.73 bits per heavy atom. The molecule has 1 aromatic carbocycles. The summed E-state index contributed by atoms with van der Waals surface area (Å²) in [5, 5.41) is 11.9. The maximum atomic E-state index is 4.40. The smallest absolute Gasteiger partial charge is 0.191 e. The van der Waals surface area contributed by atoms with Crippen molar-refractivity contribution in [3.05, 3.63) is 51.7 Å². The van der Waals surface area contributed by atoms with Crippen LogP contribution in [0.3, 0.4) is 0 Å². The first kappa shape index (κ1) is 15.3. The molecule has 0 fully saturated rings. The minimum atomic E-state index is 0.882. The lowest BCUT2D eigenvalue weighted by molar-refractivity contribution is 0.687. The van der Waals surface area contributed by atoms with Gasteiger partial charge in [0, 0.05) is 28.1 Å². The van der Waals surface area contributed by atoms with Crippen LogP contribution in [-0.2, 0) is 12.3 Å². The predicted molar refractivity (Wildman–Crippen MR) is 94.5 cm³/mol. The molecule has 0 aliphatic rings. The van der Waals surface area contributed by atoms with Crippen LogP contribution in [0.25, 0.3) is 11.4 Å². The molecule has 5 heteroatoms. The molecular formula is C17H19N3S2. The van der Waals surface area contributed by atoms with Gasteiger partial charge >= 0.3 is 0 Å². The summed E-state index contributed by atoms with van der Waals surface area (Å²) in [5.74, 6) is 1.89. The van der Waals surface area contributed by atoms with E-state index in [1.165, 1.54) is 21.6 Å². The van der Waals surface area contributed by atoms with Crippen LogP contribution in [0.15, 0.2) is 40.9 Å². The Balaban J connectivity index is 1.81. The SMILES string of the molecule is CCn1c(SCc2cccc(C)c2)nnc1-c1csc(C)c1. The lowest BCUT2D eigenvalue weighted by Gasteiger charge is -2.06. The first-order chi connectivity index (χ1) is 10.7. The fraction of sp³-hybridized carbons (Fsp3) is 0.294. The maximum Gasteiger partial charge on any atom is 0.191 e. The highest BCUT2D eigenvalue weighted by atomic mass is 32.2. The maximum absolute atomic E-state index is 4.40. The fourth-order valence-corrected chi connectivity index (χ4v) is 4.03. The Hall–Kier alpha value is -1.59. The topological polar surface area (TPSA) is 30.7 Å². The van der Waals surface area contributed by atoms with Crippen LogP contribution in [-0.4, -0.2) is 14.8 Å². The summed E-state index contributed by atoms with van der Waals surface area (Å²) in [7, 11) is 0. The van der Waals surface area contributed by atoms with Gasteiger partial charge in [-0.05, 0) is 32.4 Å². The molecule has 2 heterocycles. The number of aryl methyl sites for hydroxylation is 2. The monoisotopic (exact) mass is 329 g/mol. The van der Waals surface area contributed by atoms with Crippen molar-refractivity contribution in [1.82, 2.24) is 14.8 Å². The van der Waals surface area contributed by atoms with Gasteiger partial charge in [-0.2, -0.15) is 0 Å². The Morgan fingerprint density at radius 2 is 2.05 bits per heavy atom. The quantitative estimate of drug-likeness (QED) is 0.621. The standard InChI is InChI=1S/C17H19N3S2/c1-4-20-16(15-9-13(3)21-11-15)18-19-17(20)22-10-14-7-5-6-12(2)8-14/h5-9,11H,4,10H2,1-3H3. The van der Waals surface area contributed by atoms with Gasteiger partial charge < -0.3 is 4.57 Å². The van der Waals surface area contributed by atoms with Gasteiger partial charge in [0.25, 0.3) is 0 Å². The first-order valence-corrected chi connectivity index (χ1v) is 9.21. The molecule has 3 rings (SSSR count). The third-order valence-electron chi connectivity index (χ3n) is 3.47. The highest BCUT2D eigenvalue weighted by Crippen LogP contribution is 2.28. The average Bonchev–Trinajstić information content (AvgIpc) is 3.10. The van der Waals surface area contributed by atoms with E-state index in [1.807, 2.05) is 0 Å². The van der Waals surface area contributed by atoms with Gasteiger partial charge in [-0.1, -0.05) is 41.6 Å². The summed E-state index contributed by atoms with van der Waals surface area (Å²) in [4.78, 5) is 1.30. The summed E-state index contributed by atoms with van der Waals surface area (Å²) >= 11 is 3.50. The zero-order valence-electron chi connectivity index (χ0n) is 13.0. The van der Waals surface area contributed by atoms with Crippen molar-refractivity contribution >= 4 is 23.1 Å². The number of nitrogens with zero attached hydrogens (tertiary/aromatic N) is 3. The molecule has 0 spiro atoms. The molecule has 0 aliphatic heterocycles. The van der Waals surface area contributed by atoms with E-state index in [9.17, 15) is 0 Å². The molecule has 0 bridgehead atoms. The van der Waals surface area contributed by atoms with Crippen molar-refractivity contribution in [3.8, 4) is 11.4 Å². The van der Waals surface area contributed by atoms with Crippen molar-refractivity contribution in [2.75, 3.05) is 0 Å². The van der Waals surface area contributed by atoms with Crippen LogP contribution < -0.4 is 0 Å². The van der Waals surface area contributed by atoms with Crippen LogP contribution in [0.1, 0.15) is 22.9 Å². The molecular weight excluding hydrogens is 310 g/mol. The molecule has 0 aliphatic carbocycles. The highest BCUT2D eigenvalue weighted by Gasteiger charge is 2.14.